The smallest absolute Gasteiger partial charge is 0.256 e. The molecular formula is C20H13BrClFN2O2S. The number of hydrogen-bond donors (Lipinski definition) is 1. The van der Waals surface area contributed by atoms with E-state index in [1.54, 1.807) is 18.2 Å². The van der Waals surface area contributed by atoms with Gasteiger partial charge in [-0.15, -0.1) is 11.3 Å². The third-order valence-electron chi connectivity index (χ3n) is 4.44. The molecule has 4 nitrogen and oxygen atoms in total. The fourth-order valence-corrected chi connectivity index (χ4v) is 4.65. The van der Waals surface area contributed by atoms with Gasteiger partial charge in [-0.1, -0.05) is 33.6 Å². The lowest BCUT2D eigenvalue weighted by atomic mass is 10.0. The summed E-state index contributed by atoms with van der Waals surface area (Å²) >= 11 is 11.0. The Balaban J connectivity index is 1.90. The molecule has 1 aliphatic heterocycles. The van der Waals surface area contributed by atoms with Crippen molar-refractivity contribution in [3.05, 3.63) is 85.2 Å². The maximum Gasteiger partial charge on any atom is 0.256 e. The first-order valence-electron chi connectivity index (χ1n) is 8.33. The van der Waals surface area contributed by atoms with Gasteiger partial charge in [-0.05, 0) is 47.8 Å². The van der Waals surface area contributed by atoms with Gasteiger partial charge < -0.3 is 10.2 Å². The van der Waals surface area contributed by atoms with Gasteiger partial charge in [0, 0.05) is 20.6 Å². The molecule has 0 saturated heterocycles. The number of anilines is 1. The molecule has 3 aromatic rings. The molecule has 2 heterocycles. The van der Waals surface area contributed by atoms with Gasteiger partial charge in [-0.2, -0.15) is 0 Å². The van der Waals surface area contributed by atoms with Crippen LogP contribution in [0.4, 0.5) is 10.1 Å². The summed E-state index contributed by atoms with van der Waals surface area (Å²) in [5, 5.41) is 4.92. The summed E-state index contributed by atoms with van der Waals surface area (Å²) in [7, 11) is 0. The molecular weight excluding hydrogens is 467 g/mol. The van der Waals surface area contributed by atoms with E-state index in [1.807, 2.05) is 17.5 Å². The van der Waals surface area contributed by atoms with Crippen LogP contribution in [0.15, 0.2) is 58.4 Å². The van der Waals surface area contributed by atoms with E-state index in [9.17, 15) is 14.0 Å². The number of amides is 2. The monoisotopic (exact) mass is 478 g/mol. The molecule has 0 spiro atoms. The number of nitrogens with one attached hydrogen (secondary N) is 1. The van der Waals surface area contributed by atoms with E-state index in [1.165, 1.54) is 34.4 Å². The van der Waals surface area contributed by atoms with Crippen molar-refractivity contribution in [1.29, 1.82) is 0 Å². The molecule has 1 unspecified atom stereocenters. The number of carbonyl (C=O) groups is 2. The third-order valence-corrected chi connectivity index (χ3v) is 6.19. The molecule has 28 heavy (non-hydrogen) atoms. The first-order chi connectivity index (χ1) is 13.4. The summed E-state index contributed by atoms with van der Waals surface area (Å²) in [4.78, 5) is 28.2. The molecule has 1 N–H and O–H groups in total. The molecule has 0 saturated carbocycles. The molecule has 0 bridgehead atoms. The Hall–Kier alpha value is -2.22. The van der Waals surface area contributed by atoms with E-state index >= 15 is 0 Å². The summed E-state index contributed by atoms with van der Waals surface area (Å²) in [6, 6.07) is 12.2. The van der Waals surface area contributed by atoms with Crippen molar-refractivity contribution < 1.29 is 14.0 Å². The highest BCUT2D eigenvalue weighted by Crippen LogP contribution is 2.39. The predicted octanol–water partition coefficient (Wildman–Crippen LogP) is 5.49. The van der Waals surface area contributed by atoms with E-state index < -0.39 is 17.8 Å². The number of fused-ring (bicyclic) bond motifs is 1. The van der Waals surface area contributed by atoms with Crippen molar-refractivity contribution in [2.24, 2.45) is 0 Å². The summed E-state index contributed by atoms with van der Waals surface area (Å²) in [5.41, 5.74) is 1.28. The van der Waals surface area contributed by atoms with Crippen LogP contribution in [-0.4, -0.2) is 23.3 Å². The van der Waals surface area contributed by atoms with Crippen LogP contribution in [-0.2, 0) is 4.79 Å². The van der Waals surface area contributed by atoms with Crippen LogP contribution in [0.1, 0.15) is 26.8 Å². The highest BCUT2D eigenvalue weighted by molar-refractivity contribution is 9.10. The number of halogens is 3. The Bertz CT molecular complexity index is 1070. The Labute approximate surface area is 178 Å². The summed E-state index contributed by atoms with van der Waals surface area (Å²) < 4.78 is 14.8. The largest absolute Gasteiger partial charge is 0.324 e. The lowest BCUT2D eigenvalue weighted by Crippen LogP contribution is -2.38. The highest BCUT2D eigenvalue weighted by Gasteiger charge is 2.35. The summed E-state index contributed by atoms with van der Waals surface area (Å²) in [6.07, 6.45) is 0. The highest BCUT2D eigenvalue weighted by atomic mass is 79.9. The number of nitrogens with zero attached hydrogens (tertiary/aromatic N) is 1. The molecule has 1 aromatic heterocycles. The maximum atomic E-state index is 14.1. The lowest BCUT2D eigenvalue weighted by molar-refractivity contribution is -0.117. The average molecular weight is 480 g/mol. The topological polar surface area (TPSA) is 49.4 Å². The SMILES string of the molecule is O=C1CN(C(=O)c2cc(Br)ccc2Cl)C(c2cccs2)c2cc(F)ccc2N1. The summed E-state index contributed by atoms with van der Waals surface area (Å²) in [5.74, 6) is -1.20. The normalized spacial score (nSPS) is 16.3. The first-order valence-corrected chi connectivity index (χ1v) is 10.4. The van der Waals surface area contributed by atoms with Crippen molar-refractivity contribution in [3.63, 3.8) is 0 Å². The standard InChI is InChI=1S/C20H13BrClFN2O2S/c21-11-3-5-15(22)13(8-11)20(27)25-10-18(26)24-16-6-4-12(23)9-14(16)19(25)17-2-1-7-28-17/h1-9,19H,10H2,(H,24,26). The van der Waals surface area contributed by atoms with Crippen LogP contribution in [0.5, 0.6) is 0 Å². The van der Waals surface area contributed by atoms with Gasteiger partial charge in [0.25, 0.3) is 5.91 Å². The predicted molar refractivity (Wildman–Crippen MR) is 111 cm³/mol. The zero-order valence-electron chi connectivity index (χ0n) is 14.3. The van der Waals surface area contributed by atoms with Gasteiger partial charge in [-0.25, -0.2) is 4.39 Å². The Morgan fingerprint density at radius 3 is 2.82 bits per heavy atom. The Morgan fingerprint density at radius 1 is 1.25 bits per heavy atom. The molecule has 2 aromatic carbocycles. The molecule has 1 aliphatic rings. The maximum absolute atomic E-state index is 14.1. The summed E-state index contributed by atoms with van der Waals surface area (Å²) in [6.45, 7) is -0.180. The van der Waals surface area contributed by atoms with Gasteiger partial charge in [0.1, 0.15) is 12.4 Å². The van der Waals surface area contributed by atoms with Crippen LogP contribution in [0.2, 0.25) is 5.02 Å². The third kappa shape index (κ3) is 3.57. The van der Waals surface area contributed by atoms with Crippen molar-refractivity contribution in [1.82, 2.24) is 4.90 Å². The van der Waals surface area contributed by atoms with Crippen LogP contribution in [0, 0.1) is 5.82 Å². The number of rotatable bonds is 2. The van der Waals surface area contributed by atoms with Crippen LogP contribution < -0.4 is 5.32 Å². The van der Waals surface area contributed by atoms with E-state index in [4.69, 9.17) is 11.6 Å². The fourth-order valence-electron chi connectivity index (χ4n) is 3.24. The molecule has 0 aliphatic carbocycles. The van der Waals surface area contributed by atoms with Crippen LogP contribution >= 0.6 is 38.9 Å². The van der Waals surface area contributed by atoms with E-state index in [0.29, 0.717) is 15.7 Å². The van der Waals surface area contributed by atoms with Crippen molar-refractivity contribution in [2.45, 2.75) is 6.04 Å². The second-order valence-corrected chi connectivity index (χ2v) is 8.56. The molecule has 0 fully saturated rings. The van der Waals surface area contributed by atoms with Gasteiger partial charge >= 0.3 is 0 Å². The number of carbonyl (C=O) groups excluding carboxylic acids is 2. The van der Waals surface area contributed by atoms with Gasteiger partial charge in [0.15, 0.2) is 0 Å². The first kappa shape index (κ1) is 19.1. The molecule has 142 valence electrons. The molecule has 2 amide bonds. The quantitative estimate of drug-likeness (QED) is 0.529. The van der Waals surface area contributed by atoms with Crippen molar-refractivity contribution in [2.75, 3.05) is 11.9 Å². The van der Waals surface area contributed by atoms with E-state index in [0.717, 1.165) is 4.88 Å². The molecule has 1 atom stereocenters. The van der Waals surface area contributed by atoms with Gasteiger partial charge in [0.2, 0.25) is 5.91 Å². The van der Waals surface area contributed by atoms with Crippen LogP contribution in [0.25, 0.3) is 0 Å². The Kier molecular flexibility index (Phi) is 5.23. The van der Waals surface area contributed by atoms with Crippen molar-refractivity contribution in [3.8, 4) is 0 Å². The van der Waals surface area contributed by atoms with Gasteiger partial charge in [-0.3, -0.25) is 9.59 Å². The van der Waals surface area contributed by atoms with Crippen molar-refractivity contribution >= 4 is 56.4 Å². The second kappa shape index (κ2) is 7.66. The fraction of sp³-hybridized carbons (Fsp3) is 0.100. The lowest BCUT2D eigenvalue weighted by Gasteiger charge is -2.30. The number of benzene rings is 2. The minimum absolute atomic E-state index is 0.180. The average Bonchev–Trinajstić information content (AvgIpc) is 3.14. The van der Waals surface area contributed by atoms with E-state index in [2.05, 4.69) is 21.2 Å². The van der Waals surface area contributed by atoms with E-state index in [-0.39, 0.29) is 23.0 Å². The number of thiophene rings is 1. The number of hydrogen-bond acceptors (Lipinski definition) is 3. The molecule has 4 rings (SSSR count). The Morgan fingerprint density at radius 2 is 2.07 bits per heavy atom. The zero-order chi connectivity index (χ0) is 19.8. The minimum atomic E-state index is -0.618. The molecule has 0 radical (unpaired) electrons. The van der Waals surface area contributed by atoms with Crippen LogP contribution in [0.3, 0.4) is 0 Å². The zero-order valence-corrected chi connectivity index (χ0v) is 17.4. The second-order valence-electron chi connectivity index (χ2n) is 6.25. The minimum Gasteiger partial charge on any atom is -0.324 e. The van der Waals surface area contributed by atoms with Gasteiger partial charge in [0.05, 0.1) is 16.6 Å². The molecule has 8 heteroatoms.